The molecule has 0 aliphatic carbocycles. The van der Waals surface area contributed by atoms with E-state index in [0.717, 1.165) is 25.0 Å². The Morgan fingerprint density at radius 3 is 2.42 bits per heavy atom. The first kappa shape index (κ1) is 16.2. The second-order valence-electron chi connectivity index (χ2n) is 4.42. The Labute approximate surface area is 114 Å². The fourth-order valence-corrected chi connectivity index (χ4v) is 2.10. The van der Waals surface area contributed by atoms with Crippen LogP contribution in [0, 0.1) is 5.82 Å². The number of alkyl halides is 3. The van der Waals surface area contributed by atoms with E-state index < -0.39 is 29.2 Å². The third-order valence-electron chi connectivity index (χ3n) is 2.93. The van der Waals surface area contributed by atoms with Crippen LogP contribution in [0.3, 0.4) is 0 Å². The molecule has 1 aromatic carbocycles. The second kappa shape index (κ2) is 6.57. The molecule has 0 unspecified atom stereocenters. The van der Waals surface area contributed by atoms with Gasteiger partial charge in [0, 0.05) is 11.6 Å². The van der Waals surface area contributed by atoms with Gasteiger partial charge in [0.25, 0.3) is 0 Å². The highest BCUT2D eigenvalue weighted by atomic mass is 35.5. The molecule has 0 amide bonds. The summed E-state index contributed by atoms with van der Waals surface area (Å²) in [6.45, 7) is 1.96. The maximum Gasteiger partial charge on any atom is 0.416 e. The highest BCUT2D eigenvalue weighted by Crippen LogP contribution is 2.38. The summed E-state index contributed by atoms with van der Waals surface area (Å²) in [6, 6.07) is 0.685. The quantitative estimate of drug-likeness (QED) is 0.595. The first-order valence-corrected chi connectivity index (χ1v) is 6.47. The maximum absolute atomic E-state index is 13.8. The van der Waals surface area contributed by atoms with Crippen molar-refractivity contribution in [2.75, 3.05) is 0 Å². The van der Waals surface area contributed by atoms with E-state index in [4.69, 9.17) is 17.3 Å². The average molecular weight is 298 g/mol. The second-order valence-corrected chi connectivity index (χ2v) is 4.83. The normalized spacial score (nSPS) is 13.6. The molecule has 1 rings (SSSR count). The molecule has 6 heteroatoms. The van der Waals surface area contributed by atoms with Crippen LogP contribution < -0.4 is 5.73 Å². The Bertz CT molecular complexity index is 431. The van der Waals surface area contributed by atoms with Gasteiger partial charge < -0.3 is 5.73 Å². The third-order valence-corrected chi connectivity index (χ3v) is 3.22. The molecular weight excluding hydrogens is 282 g/mol. The van der Waals surface area contributed by atoms with E-state index >= 15 is 0 Å². The van der Waals surface area contributed by atoms with Crippen LogP contribution in [0.1, 0.15) is 49.8 Å². The summed E-state index contributed by atoms with van der Waals surface area (Å²) in [7, 11) is 0. The van der Waals surface area contributed by atoms with Crippen LogP contribution in [0.2, 0.25) is 5.02 Å². The minimum Gasteiger partial charge on any atom is -0.324 e. The summed E-state index contributed by atoms with van der Waals surface area (Å²) in [5.74, 6) is -1.07. The molecule has 0 bridgehead atoms. The highest BCUT2D eigenvalue weighted by molar-refractivity contribution is 6.30. The SMILES string of the molecule is CCCCC[C@@H](N)c1c(C(F)(F)F)ccc(Cl)c1F. The Kier molecular flexibility index (Phi) is 5.62. The molecule has 0 radical (unpaired) electrons. The van der Waals surface area contributed by atoms with Crippen molar-refractivity contribution in [3.05, 3.63) is 34.1 Å². The summed E-state index contributed by atoms with van der Waals surface area (Å²) in [4.78, 5) is 0. The number of rotatable bonds is 5. The lowest BCUT2D eigenvalue weighted by Gasteiger charge is -2.19. The molecule has 1 atom stereocenters. The van der Waals surface area contributed by atoms with Gasteiger partial charge in [-0.25, -0.2) is 4.39 Å². The van der Waals surface area contributed by atoms with Crippen molar-refractivity contribution in [1.29, 1.82) is 0 Å². The summed E-state index contributed by atoms with van der Waals surface area (Å²) in [5, 5.41) is -0.339. The van der Waals surface area contributed by atoms with E-state index in [0.29, 0.717) is 12.8 Å². The minimum atomic E-state index is -4.64. The lowest BCUT2D eigenvalue weighted by Crippen LogP contribution is -2.19. The molecule has 1 nitrogen and oxygen atoms in total. The molecule has 0 aromatic heterocycles. The molecule has 108 valence electrons. The maximum atomic E-state index is 13.8. The van der Waals surface area contributed by atoms with Gasteiger partial charge >= 0.3 is 6.18 Å². The Morgan fingerprint density at radius 1 is 1.26 bits per heavy atom. The lowest BCUT2D eigenvalue weighted by molar-refractivity contribution is -0.138. The van der Waals surface area contributed by atoms with Crippen LogP contribution >= 0.6 is 11.6 Å². The van der Waals surface area contributed by atoms with Crippen LogP contribution in [-0.4, -0.2) is 0 Å². The van der Waals surface area contributed by atoms with Gasteiger partial charge in [0.1, 0.15) is 5.82 Å². The van der Waals surface area contributed by atoms with Crippen molar-refractivity contribution < 1.29 is 17.6 Å². The average Bonchev–Trinajstić information content (AvgIpc) is 2.31. The first-order chi connectivity index (χ1) is 8.79. The molecule has 0 heterocycles. The van der Waals surface area contributed by atoms with Gasteiger partial charge in [-0.15, -0.1) is 0 Å². The molecule has 0 aliphatic rings. The predicted molar refractivity (Wildman–Crippen MR) is 67.5 cm³/mol. The fraction of sp³-hybridized carbons (Fsp3) is 0.538. The summed E-state index contributed by atoms with van der Waals surface area (Å²) in [5.41, 5.74) is 4.13. The topological polar surface area (TPSA) is 26.0 Å². The molecular formula is C13H16ClF4N. The molecule has 2 N–H and O–H groups in total. The van der Waals surface area contributed by atoms with E-state index in [9.17, 15) is 17.6 Å². The van der Waals surface area contributed by atoms with Gasteiger partial charge in [0.2, 0.25) is 0 Å². The van der Waals surface area contributed by atoms with Crippen molar-refractivity contribution in [2.45, 2.75) is 44.8 Å². The molecule has 0 fully saturated rings. The highest BCUT2D eigenvalue weighted by Gasteiger charge is 2.36. The number of nitrogens with two attached hydrogens (primary N) is 1. The van der Waals surface area contributed by atoms with Crippen LogP contribution in [-0.2, 0) is 6.18 Å². The molecule has 0 saturated carbocycles. The molecule has 0 spiro atoms. The van der Waals surface area contributed by atoms with Gasteiger partial charge in [-0.05, 0) is 18.6 Å². The molecule has 1 aromatic rings. The Balaban J connectivity index is 3.12. The van der Waals surface area contributed by atoms with E-state index in [1.807, 2.05) is 6.92 Å². The van der Waals surface area contributed by atoms with Gasteiger partial charge in [0.05, 0.1) is 10.6 Å². The lowest BCUT2D eigenvalue weighted by atomic mass is 9.95. The summed E-state index contributed by atoms with van der Waals surface area (Å²) < 4.78 is 52.4. The van der Waals surface area contributed by atoms with Crippen LogP contribution in [0.15, 0.2) is 12.1 Å². The largest absolute Gasteiger partial charge is 0.416 e. The van der Waals surface area contributed by atoms with E-state index in [1.165, 1.54) is 0 Å². The zero-order chi connectivity index (χ0) is 14.6. The number of halogens is 5. The van der Waals surface area contributed by atoms with Crippen LogP contribution in [0.5, 0.6) is 0 Å². The van der Waals surface area contributed by atoms with E-state index in [1.54, 1.807) is 0 Å². The minimum absolute atomic E-state index is 0.300. The molecule has 19 heavy (non-hydrogen) atoms. The zero-order valence-electron chi connectivity index (χ0n) is 10.5. The number of unbranched alkanes of at least 4 members (excludes halogenated alkanes) is 2. The Hall–Kier alpha value is -0.810. The zero-order valence-corrected chi connectivity index (χ0v) is 11.3. The van der Waals surface area contributed by atoms with Gasteiger partial charge in [-0.2, -0.15) is 13.2 Å². The molecule has 0 aliphatic heterocycles. The smallest absolute Gasteiger partial charge is 0.324 e. The van der Waals surface area contributed by atoms with Gasteiger partial charge in [0.15, 0.2) is 0 Å². The predicted octanol–water partition coefficient (Wildman–Crippen LogP) is 5.08. The molecule has 0 saturated heterocycles. The van der Waals surface area contributed by atoms with Gasteiger partial charge in [-0.1, -0.05) is 37.8 Å². The standard InChI is InChI=1S/C13H16ClF4N/c1-2-3-4-5-10(19)11-8(13(16,17)18)6-7-9(14)12(11)15/h6-7,10H,2-5,19H2,1H3/t10-/m1/s1. The number of hydrogen-bond donors (Lipinski definition) is 1. The summed E-state index contributed by atoms with van der Waals surface area (Å²) >= 11 is 5.54. The van der Waals surface area contributed by atoms with Crippen molar-refractivity contribution in [1.82, 2.24) is 0 Å². The van der Waals surface area contributed by atoms with Crippen molar-refractivity contribution >= 4 is 11.6 Å². The van der Waals surface area contributed by atoms with Crippen molar-refractivity contribution in [3.63, 3.8) is 0 Å². The van der Waals surface area contributed by atoms with Crippen LogP contribution in [0.4, 0.5) is 17.6 Å². The first-order valence-electron chi connectivity index (χ1n) is 6.09. The van der Waals surface area contributed by atoms with E-state index in [-0.39, 0.29) is 5.02 Å². The van der Waals surface area contributed by atoms with Crippen LogP contribution in [0.25, 0.3) is 0 Å². The number of benzene rings is 1. The third kappa shape index (κ3) is 4.08. The number of hydrogen-bond acceptors (Lipinski definition) is 1. The fourth-order valence-electron chi connectivity index (χ4n) is 1.93. The summed E-state index contributed by atoms with van der Waals surface area (Å²) in [6.07, 6.45) is -1.92. The van der Waals surface area contributed by atoms with E-state index in [2.05, 4.69) is 0 Å². The Morgan fingerprint density at radius 2 is 1.89 bits per heavy atom. The van der Waals surface area contributed by atoms with Crippen molar-refractivity contribution in [3.8, 4) is 0 Å². The van der Waals surface area contributed by atoms with Crippen molar-refractivity contribution in [2.24, 2.45) is 5.73 Å². The van der Waals surface area contributed by atoms with Gasteiger partial charge in [-0.3, -0.25) is 0 Å². The monoisotopic (exact) mass is 297 g/mol.